The second-order valence-corrected chi connectivity index (χ2v) is 4.99. The molecule has 0 aliphatic heterocycles. The van der Waals surface area contributed by atoms with Crippen molar-refractivity contribution >= 4 is 33.5 Å². The molecule has 0 amide bonds. The molecule has 0 fully saturated rings. The summed E-state index contributed by atoms with van der Waals surface area (Å²) in [5.41, 5.74) is 6.60. The van der Waals surface area contributed by atoms with Crippen LogP contribution in [0.3, 0.4) is 0 Å². The number of likely N-dealkylation sites (N-methyl/N-ethyl adjacent to an activating group) is 1. The molecule has 0 aliphatic rings. The maximum atomic E-state index is 5.54. The van der Waals surface area contributed by atoms with E-state index < -0.39 is 0 Å². The highest BCUT2D eigenvalue weighted by Crippen LogP contribution is 2.12. The van der Waals surface area contributed by atoms with Gasteiger partial charge in [-0.05, 0) is 6.54 Å². The molecule has 0 atom stereocenters. The Morgan fingerprint density at radius 3 is 3.12 bits per heavy atom. The summed E-state index contributed by atoms with van der Waals surface area (Å²) >= 11 is 6.55. The maximum Gasteiger partial charge on any atom is 0.193 e. The normalized spacial score (nSPS) is 11.4. The largest absolute Gasteiger partial charge is 0.392 e. The number of fused-ring (bicyclic) bond motifs is 1. The number of hydrogen-bond acceptors (Lipinski definition) is 4. The van der Waals surface area contributed by atoms with Gasteiger partial charge in [0.15, 0.2) is 4.96 Å². The number of thiocarbonyl (C=S) groups is 1. The van der Waals surface area contributed by atoms with Crippen LogP contribution in [0.4, 0.5) is 0 Å². The van der Waals surface area contributed by atoms with E-state index in [-0.39, 0.29) is 0 Å². The molecule has 0 unspecified atom stereocenters. The molecule has 4 nitrogen and oxygen atoms in total. The number of thiazole rings is 1. The van der Waals surface area contributed by atoms with Gasteiger partial charge < -0.3 is 5.73 Å². The number of nitrogens with two attached hydrogens (primary N) is 1. The molecular weight excluding hydrogens is 240 g/mol. The van der Waals surface area contributed by atoms with Crippen molar-refractivity contribution in [2.45, 2.75) is 13.5 Å². The highest BCUT2D eigenvalue weighted by Gasteiger charge is 2.08. The Bertz CT molecular complexity index is 459. The smallest absolute Gasteiger partial charge is 0.193 e. The molecule has 2 rings (SSSR count). The summed E-state index contributed by atoms with van der Waals surface area (Å²) in [5, 5.41) is 2.03. The van der Waals surface area contributed by atoms with Crippen molar-refractivity contribution in [2.24, 2.45) is 5.73 Å². The topological polar surface area (TPSA) is 46.6 Å². The monoisotopic (exact) mass is 254 g/mol. The van der Waals surface area contributed by atoms with Crippen LogP contribution < -0.4 is 5.73 Å². The molecule has 2 N–H and O–H groups in total. The van der Waals surface area contributed by atoms with Gasteiger partial charge in [-0.25, -0.2) is 4.98 Å². The van der Waals surface area contributed by atoms with Crippen molar-refractivity contribution in [3.63, 3.8) is 0 Å². The zero-order chi connectivity index (χ0) is 11.5. The Morgan fingerprint density at radius 1 is 1.69 bits per heavy atom. The molecule has 6 heteroatoms. The maximum absolute atomic E-state index is 5.54. The molecule has 2 aromatic rings. The van der Waals surface area contributed by atoms with Crippen molar-refractivity contribution in [1.82, 2.24) is 14.3 Å². The van der Waals surface area contributed by atoms with Gasteiger partial charge in [0, 0.05) is 30.9 Å². The first kappa shape index (κ1) is 11.5. The summed E-state index contributed by atoms with van der Waals surface area (Å²) in [6.07, 6.45) is 4.06. The zero-order valence-electron chi connectivity index (χ0n) is 9.09. The van der Waals surface area contributed by atoms with E-state index in [9.17, 15) is 0 Å². The number of imidazole rings is 1. The zero-order valence-corrected chi connectivity index (χ0v) is 10.7. The molecule has 16 heavy (non-hydrogen) atoms. The van der Waals surface area contributed by atoms with Gasteiger partial charge in [0.2, 0.25) is 0 Å². The second kappa shape index (κ2) is 4.90. The van der Waals surface area contributed by atoms with Crippen LogP contribution in [0.25, 0.3) is 4.96 Å². The predicted octanol–water partition coefficient (Wildman–Crippen LogP) is 1.50. The predicted molar refractivity (Wildman–Crippen MR) is 70.8 cm³/mol. The van der Waals surface area contributed by atoms with Crippen molar-refractivity contribution < 1.29 is 0 Å². The van der Waals surface area contributed by atoms with Gasteiger partial charge in [0.05, 0.1) is 10.7 Å². The lowest BCUT2D eigenvalue weighted by Gasteiger charge is -2.17. The SMILES string of the molecule is CCN(CC(N)=S)Cc1cn2ccsc2n1. The molecule has 86 valence electrons. The highest BCUT2D eigenvalue weighted by molar-refractivity contribution is 7.80. The van der Waals surface area contributed by atoms with Crippen LogP contribution in [0.2, 0.25) is 0 Å². The van der Waals surface area contributed by atoms with Crippen LogP contribution >= 0.6 is 23.6 Å². The van der Waals surface area contributed by atoms with Gasteiger partial charge >= 0.3 is 0 Å². The van der Waals surface area contributed by atoms with Crippen molar-refractivity contribution in [1.29, 1.82) is 0 Å². The van der Waals surface area contributed by atoms with Crippen LogP contribution in [0, 0.1) is 0 Å². The standard InChI is InChI=1S/C10H14N4S2/c1-2-13(7-9(11)15)5-8-6-14-3-4-16-10(14)12-8/h3-4,6H,2,5,7H2,1H3,(H2,11,15). The van der Waals surface area contributed by atoms with Crippen molar-refractivity contribution in [3.8, 4) is 0 Å². The summed E-state index contributed by atoms with van der Waals surface area (Å²) in [5.74, 6) is 0. The van der Waals surface area contributed by atoms with Crippen LogP contribution in [-0.2, 0) is 6.54 Å². The van der Waals surface area contributed by atoms with E-state index in [1.54, 1.807) is 11.3 Å². The fourth-order valence-electron chi connectivity index (χ4n) is 1.58. The Hall–Kier alpha value is -0.980. The minimum absolute atomic E-state index is 0.530. The molecule has 2 heterocycles. The van der Waals surface area contributed by atoms with E-state index in [0.29, 0.717) is 11.5 Å². The van der Waals surface area contributed by atoms with E-state index in [1.807, 2.05) is 22.2 Å². The summed E-state index contributed by atoms with van der Waals surface area (Å²) in [6, 6.07) is 0. The van der Waals surface area contributed by atoms with E-state index in [0.717, 1.165) is 23.7 Å². The average Bonchev–Trinajstić information content (AvgIpc) is 2.75. The number of nitrogens with zero attached hydrogens (tertiary/aromatic N) is 3. The molecule has 0 aliphatic carbocycles. The Morgan fingerprint density at radius 2 is 2.50 bits per heavy atom. The Kier molecular flexibility index (Phi) is 3.52. The van der Waals surface area contributed by atoms with E-state index in [4.69, 9.17) is 18.0 Å². The molecule has 0 spiro atoms. The number of hydrogen-bond donors (Lipinski definition) is 1. The van der Waals surface area contributed by atoms with E-state index >= 15 is 0 Å². The van der Waals surface area contributed by atoms with E-state index in [1.165, 1.54) is 0 Å². The van der Waals surface area contributed by atoms with Gasteiger partial charge in [0.1, 0.15) is 0 Å². The van der Waals surface area contributed by atoms with Gasteiger partial charge in [-0.1, -0.05) is 19.1 Å². The number of rotatable bonds is 5. The first-order chi connectivity index (χ1) is 7.69. The summed E-state index contributed by atoms with van der Waals surface area (Å²) in [4.78, 5) is 8.26. The minimum atomic E-state index is 0.530. The first-order valence-electron chi connectivity index (χ1n) is 5.10. The first-order valence-corrected chi connectivity index (χ1v) is 6.39. The Balaban J connectivity index is 2.07. The number of aromatic nitrogens is 2. The van der Waals surface area contributed by atoms with Gasteiger partial charge in [0.25, 0.3) is 0 Å². The van der Waals surface area contributed by atoms with Crippen molar-refractivity contribution in [2.75, 3.05) is 13.1 Å². The molecule has 0 aromatic carbocycles. The molecule has 2 aromatic heterocycles. The van der Waals surface area contributed by atoms with E-state index in [2.05, 4.69) is 16.8 Å². The third-order valence-electron chi connectivity index (χ3n) is 2.36. The summed E-state index contributed by atoms with van der Waals surface area (Å²) in [6.45, 7) is 4.46. The van der Waals surface area contributed by atoms with Crippen LogP contribution in [0.1, 0.15) is 12.6 Å². The summed E-state index contributed by atoms with van der Waals surface area (Å²) < 4.78 is 2.04. The second-order valence-electron chi connectivity index (χ2n) is 3.59. The third kappa shape index (κ3) is 2.58. The lowest BCUT2D eigenvalue weighted by atomic mass is 10.4. The fourth-order valence-corrected chi connectivity index (χ4v) is 2.48. The molecule has 0 radical (unpaired) electrons. The van der Waals surface area contributed by atoms with Crippen LogP contribution in [0.5, 0.6) is 0 Å². The Labute approximate surface area is 104 Å². The third-order valence-corrected chi connectivity index (χ3v) is 3.26. The fraction of sp³-hybridized carbons (Fsp3) is 0.400. The highest BCUT2D eigenvalue weighted by atomic mass is 32.1. The van der Waals surface area contributed by atoms with Gasteiger partial charge in [-0.2, -0.15) is 0 Å². The lowest BCUT2D eigenvalue weighted by Crippen LogP contribution is -2.32. The van der Waals surface area contributed by atoms with Crippen LogP contribution in [0.15, 0.2) is 17.8 Å². The molecular formula is C10H14N4S2. The quantitative estimate of drug-likeness (QED) is 0.822. The lowest BCUT2D eigenvalue weighted by molar-refractivity contribution is 0.318. The van der Waals surface area contributed by atoms with Crippen LogP contribution in [-0.4, -0.2) is 32.4 Å². The van der Waals surface area contributed by atoms with Gasteiger partial charge in [-0.15, -0.1) is 11.3 Å². The van der Waals surface area contributed by atoms with Crippen molar-refractivity contribution in [3.05, 3.63) is 23.5 Å². The molecule has 0 bridgehead atoms. The summed E-state index contributed by atoms with van der Waals surface area (Å²) in [7, 11) is 0. The van der Waals surface area contributed by atoms with Gasteiger partial charge in [-0.3, -0.25) is 9.30 Å². The molecule has 0 saturated carbocycles. The minimum Gasteiger partial charge on any atom is -0.392 e. The average molecular weight is 254 g/mol. The molecule has 0 saturated heterocycles.